The number of aromatic nitrogens is 4. The summed E-state index contributed by atoms with van der Waals surface area (Å²) >= 11 is 0. The summed E-state index contributed by atoms with van der Waals surface area (Å²) < 4.78 is 9.40. The second-order valence-electron chi connectivity index (χ2n) is 7.38. The summed E-state index contributed by atoms with van der Waals surface area (Å²) in [7, 11) is 1.61. The molecule has 0 atom stereocenters. The van der Waals surface area contributed by atoms with Crippen molar-refractivity contribution in [2.75, 3.05) is 13.7 Å². The zero-order chi connectivity index (χ0) is 19.1. The van der Waals surface area contributed by atoms with Crippen molar-refractivity contribution in [2.24, 2.45) is 5.92 Å². The van der Waals surface area contributed by atoms with Gasteiger partial charge in [-0.15, -0.1) is 0 Å². The number of rotatable bonds is 7. The van der Waals surface area contributed by atoms with E-state index in [1.165, 1.54) is 18.4 Å². The van der Waals surface area contributed by atoms with Crippen LogP contribution >= 0.6 is 0 Å². The van der Waals surface area contributed by atoms with Gasteiger partial charge >= 0.3 is 0 Å². The molecule has 4 aromatic rings. The average Bonchev–Trinajstić information content (AvgIpc) is 3.40. The molecule has 6 heteroatoms. The van der Waals surface area contributed by atoms with E-state index in [1.54, 1.807) is 25.6 Å². The normalized spacial score (nSPS) is 14.2. The molecule has 28 heavy (non-hydrogen) atoms. The maximum absolute atomic E-state index is 13.0. The van der Waals surface area contributed by atoms with Gasteiger partial charge in [-0.25, -0.2) is 9.97 Å². The Morgan fingerprint density at radius 1 is 1.14 bits per heavy atom. The number of carbonyl (C=O) groups excluding carboxylic acids is 1. The largest absolute Gasteiger partial charge is 0.384 e. The standard InChI is InChI=1S/C22H22N4O2/c1-28-12-9-20(27)18-13-19-21(26(18)22-23-10-4-11-24-22)16-5-2-3-6-17(16)25(19)14-15-7-8-15/h2-6,10-11,13,15H,7-9,12,14H2,1H3. The van der Waals surface area contributed by atoms with Gasteiger partial charge in [-0.3, -0.25) is 9.36 Å². The molecule has 0 saturated heterocycles. The molecule has 0 bridgehead atoms. The second kappa shape index (κ2) is 6.87. The Morgan fingerprint density at radius 2 is 1.93 bits per heavy atom. The molecule has 3 aromatic heterocycles. The first-order chi connectivity index (χ1) is 13.8. The Morgan fingerprint density at radius 3 is 2.68 bits per heavy atom. The molecular weight excluding hydrogens is 352 g/mol. The summed E-state index contributed by atoms with van der Waals surface area (Å²) in [4.78, 5) is 21.9. The Hall–Kier alpha value is -2.99. The molecule has 0 spiro atoms. The van der Waals surface area contributed by atoms with E-state index in [9.17, 15) is 4.79 Å². The molecule has 1 aliphatic rings. The van der Waals surface area contributed by atoms with Crippen LogP contribution in [0.15, 0.2) is 48.8 Å². The summed E-state index contributed by atoms with van der Waals surface area (Å²) in [5.74, 6) is 1.28. The third-order valence-electron chi connectivity index (χ3n) is 5.43. The van der Waals surface area contributed by atoms with E-state index in [-0.39, 0.29) is 5.78 Å². The van der Waals surface area contributed by atoms with Crippen LogP contribution in [0.25, 0.3) is 27.9 Å². The van der Waals surface area contributed by atoms with E-state index in [4.69, 9.17) is 4.74 Å². The first kappa shape index (κ1) is 17.1. The number of para-hydroxylation sites is 1. The predicted octanol–water partition coefficient (Wildman–Crippen LogP) is 4.00. The quantitative estimate of drug-likeness (QED) is 0.459. The zero-order valence-electron chi connectivity index (χ0n) is 15.8. The van der Waals surface area contributed by atoms with Gasteiger partial charge in [0, 0.05) is 37.9 Å². The molecule has 142 valence electrons. The lowest BCUT2D eigenvalue weighted by atomic mass is 10.2. The van der Waals surface area contributed by atoms with Gasteiger partial charge in [0.25, 0.3) is 0 Å². The Bertz CT molecular complexity index is 1160. The number of Topliss-reactive ketones (excluding diaryl/α,β-unsaturated/α-hetero) is 1. The minimum absolute atomic E-state index is 0.0348. The van der Waals surface area contributed by atoms with Gasteiger partial charge in [0.1, 0.15) is 0 Å². The monoisotopic (exact) mass is 374 g/mol. The molecule has 6 nitrogen and oxygen atoms in total. The predicted molar refractivity (Wildman–Crippen MR) is 108 cm³/mol. The van der Waals surface area contributed by atoms with Crippen LogP contribution in [0.4, 0.5) is 0 Å². The molecule has 3 heterocycles. The average molecular weight is 374 g/mol. The summed E-state index contributed by atoms with van der Waals surface area (Å²) in [6.07, 6.45) is 6.30. The molecule has 1 aliphatic carbocycles. The summed E-state index contributed by atoms with van der Waals surface area (Å²) in [6, 6.07) is 12.2. The molecule has 5 rings (SSSR count). The van der Waals surface area contributed by atoms with Crippen molar-refractivity contribution in [3.05, 3.63) is 54.5 Å². The van der Waals surface area contributed by atoms with Gasteiger partial charge in [0.05, 0.1) is 28.9 Å². The van der Waals surface area contributed by atoms with Gasteiger partial charge in [-0.2, -0.15) is 0 Å². The van der Waals surface area contributed by atoms with Crippen molar-refractivity contribution in [1.29, 1.82) is 0 Å². The maximum atomic E-state index is 13.0. The van der Waals surface area contributed by atoms with E-state index in [2.05, 4.69) is 32.7 Å². The number of fused-ring (bicyclic) bond motifs is 3. The van der Waals surface area contributed by atoms with E-state index < -0.39 is 0 Å². The second-order valence-corrected chi connectivity index (χ2v) is 7.38. The highest BCUT2D eigenvalue weighted by atomic mass is 16.5. The molecule has 0 N–H and O–H groups in total. The Kier molecular flexibility index (Phi) is 4.20. The van der Waals surface area contributed by atoms with Crippen LogP contribution in [-0.4, -0.2) is 38.6 Å². The molecule has 0 aliphatic heterocycles. The fraction of sp³-hybridized carbons (Fsp3) is 0.318. The van der Waals surface area contributed by atoms with Crippen LogP contribution in [0.1, 0.15) is 29.8 Å². The summed E-state index contributed by atoms with van der Waals surface area (Å²) in [5.41, 5.74) is 3.88. The highest BCUT2D eigenvalue weighted by molar-refractivity contribution is 6.11. The van der Waals surface area contributed by atoms with Crippen LogP contribution in [0, 0.1) is 5.92 Å². The first-order valence-electron chi connectivity index (χ1n) is 9.70. The molecule has 1 aromatic carbocycles. The number of ketones is 1. The number of carbonyl (C=O) groups is 1. The van der Waals surface area contributed by atoms with Gasteiger partial charge in [0.15, 0.2) is 5.78 Å². The lowest BCUT2D eigenvalue weighted by Crippen LogP contribution is -2.11. The van der Waals surface area contributed by atoms with Gasteiger partial charge in [0.2, 0.25) is 5.95 Å². The van der Waals surface area contributed by atoms with Crippen LogP contribution in [0.2, 0.25) is 0 Å². The van der Waals surface area contributed by atoms with E-state index >= 15 is 0 Å². The number of methoxy groups -OCH3 is 1. The van der Waals surface area contributed by atoms with Gasteiger partial charge < -0.3 is 9.30 Å². The van der Waals surface area contributed by atoms with E-state index in [0.717, 1.165) is 28.9 Å². The van der Waals surface area contributed by atoms with E-state index in [1.807, 2.05) is 16.7 Å². The van der Waals surface area contributed by atoms with Crippen molar-refractivity contribution in [3.8, 4) is 5.95 Å². The number of benzene rings is 1. The fourth-order valence-corrected chi connectivity index (χ4v) is 3.90. The minimum Gasteiger partial charge on any atom is -0.384 e. The van der Waals surface area contributed by atoms with E-state index in [0.29, 0.717) is 24.7 Å². The Labute approximate surface area is 162 Å². The Balaban J connectivity index is 1.80. The summed E-state index contributed by atoms with van der Waals surface area (Å²) in [5, 5.41) is 1.12. The number of hydrogen-bond donors (Lipinski definition) is 0. The smallest absolute Gasteiger partial charge is 0.234 e. The molecule has 0 radical (unpaired) electrons. The topological polar surface area (TPSA) is 61.9 Å². The molecule has 0 unspecified atom stereocenters. The molecule has 0 amide bonds. The van der Waals surface area contributed by atoms with Crippen molar-refractivity contribution >= 4 is 27.7 Å². The fourth-order valence-electron chi connectivity index (χ4n) is 3.90. The van der Waals surface area contributed by atoms with Crippen molar-refractivity contribution < 1.29 is 9.53 Å². The molecular formula is C22H22N4O2. The van der Waals surface area contributed by atoms with Crippen molar-refractivity contribution in [3.63, 3.8) is 0 Å². The van der Waals surface area contributed by atoms with Crippen LogP contribution in [0.3, 0.4) is 0 Å². The first-order valence-corrected chi connectivity index (χ1v) is 9.70. The third kappa shape index (κ3) is 2.81. The van der Waals surface area contributed by atoms with Crippen LogP contribution < -0.4 is 0 Å². The van der Waals surface area contributed by atoms with Gasteiger partial charge in [-0.1, -0.05) is 18.2 Å². The molecule has 1 fully saturated rings. The summed E-state index contributed by atoms with van der Waals surface area (Å²) in [6.45, 7) is 1.38. The lowest BCUT2D eigenvalue weighted by Gasteiger charge is -2.08. The van der Waals surface area contributed by atoms with Crippen molar-refractivity contribution in [1.82, 2.24) is 19.1 Å². The third-order valence-corrected chi connectivity index (χ3v) is 5.43. The highest BCUT2D eigenvalue weighted by Crippen LogP contribution is 2.38. The van der Waals surface area contributed by atoms with Crippen LogP contribution in [-0.2, 0) is 11.3 Å². The number of ether oxygens (including phenoxy) is 1. The lowest BCUT2D eigenvalue weighted by molar-refractivity contribution is 0.0925. The maximum Gasteiger partial charge on any atom is 0.234 e. The minimum atomic E-state index is 0.0348. The zero-order valence-corrected chi connectivity index (χ0v) is 15.8. The number of nitrogens with zero attached hydrogens (tertiary/aromatic N) is 4. The van der Waals surface area contributed by atoms with Crippen molar-refractivity contribution in [2.45, 2.75) is 25.8 Å². The SMILES string of the molecule is COCCC(=O)c1cc2c(c3ccccc3n2CC2CC2)n1-c1ncccn1. The number of hydrogen-bond acceptors (Lipinski definition) is 4. The highest BCUT2D eigenvalue weighted by Gasteiger charge is 2.27. The van der Waals surface area contributed by atoms with Crippen LogP contribution in [0.5, 0.6) is 0 Å². The van der Waals surface area contributed by atoms with Gasteiger partial charge in [-0.05, 0) is 37.0 Å². The molecule has 1 saturated carbocycles.